The smallest absolute Gasteiger partial charge is 0.258 e. The normalized spacial score (nSPS) is 9.83. The molecule has 0 aliphatic heterocycles. The SMILES string of the molecule is Cc1cc(C(=O)Nc2ccc(F)cc2C#N)co1. The van der Waals surface area contributed by atoms with Crippen molar-refractivity contribution in [3.63, 3.8) is 0 Å². The Balaban J connectivity index is 2.25. The number of rotatable bonds is 2. The van der Waals surface area contributed by atoms with Crippen molar-refractivity contribution >= 4 is 11.6 Å². The fourth-order valence-corrected chi connectivity index (χ4v) is 1.47. The van der Waals surface area contributed by atoms with Crippen molar-refractivity contribution in [1.82, 2.24) is 0 Å². The van der Waals surface area contributed by atoms with Gasteiger partial charge in [0.2, 0.25) is 0 Å². The van der Waals surface area contributed by atoms with E-state index >= 15 is 0 Å². The van der Waals surface area contributed by atoms with Crippen LogP contribution >= 0.6 is 0 Å². The maximum atomic E-state index is 12.9. The first kappa shape index (κ1) is 11.9. The molecule has 90 valence electrons. The van der Waals surface area contributed by atoms with Gasteiger partial charge in [-0.3, -0.25) is 4.79 Å². The topological polar surface area (TPSA) is 66.0 Å². The Morgan fingerprint density at radius 2 is 2.22 bits per heavy atom. The molecule has 1 amide bonds. The maximum absolute atomic E-state index is 12.9. The minimum atomic E-state index is -0.524. The maximum Gasteiger partial charge on any atom is 0.258 e. The van der Waals surface area contributed by atoms with E-state index in [4.69, 9.17) is 9.68 Å². The van der Waals surface area contributed by atoms with E-state index in [2.05, 4.69) is 5.32 Å². The van der Waals surface area contributed by atoms with Crippen LogP contribution in [0.3, 0.4) is 0 Å². The van der Waals surface area contributed by atoms with Crippen LogP contribution in [0.15, 0.2) is 34.9 Å². The van der Waals surface area contributed by atoms with Crippen molar-refractivity contribution in [2.45, 2.75) is 6.92 Å². The monoisotopic (exact) mass is 244 g/mol. The molecule has 2 rings (SSSR count). The van der Waals surface area contributed by atoms with Crippen molar-refractivity contribution < 1.29 is 13.6 Å². The van der Waals surface area contributed by atoms with Crippen LogP contribution in [-0.2, 0) is 0 Å². The molecule has 0 unspecified atom stereocenters. The first-order chi connectivity index (χ1) is 8.60. The molecule has 4 nitrogen and oxygen atoms in total. The second-order valence-electron chi connectivity index (χ2n) is 3.70. The van der Waals surface area contributed by atoms with E-state index in [1.54, 1.807) is 13.0 Å². The summed E-state index contributed by atoms with van der Waals surface area (Å²) >= 11 is 0. The zero-order valence-electron chi connectivity index (χ0n) is 9.53. The second-order valence-corrected chi connectivity index (χ2v) is 3.70. The zero-order chi connectivity index (χ0) is 13.1. The van der Waals surface area contributed by atoms with Crippen molar-refractivity contribution in [3.8, 4) is 6.07 Å². The summed E-state index contributed by atoms with van der Waals surface area (Å²) in [5, 5.41) is 11.4. The van der Waals surface area contributed by atoms with E-state index in [9.17, 15) is 9.18 Å². The lowest BCUT2D eigenvalue weighted by Crippen LogP contribution is -2.12. The molecule has 18 heavy (non-hydrogen) atoms. The summed E-state index contributed by atoms with van der Waals surface area (Å²) < 4.78 is 17.9. The van der Waals surface area contributed by atoms with Crippen molar-refractivity contribution in [2.24, 2.45) is 0 Å². The van der Waals surface area contributed by atoms with Crippen molar-refractivity contribution in [3.05, 3.63) is 53.2 Å². The van der Waals surface area contributed by atoms with Gasteiger partial charge in [0.05, 0.1) is 16.8 Å². The average Bonchev–Trinajstić information content (AvgIpc) is 2.78. The largest absolute Gasteiger partial charge is 0.469 e. The molecule has 0 radical (unpaired) electrons. The second kappa shape index (κ2) is 4.72. The molecule has 1 aromatic heterocycles. The molecule has 5 heteroatoms. The van der Waals surface area contributed by atoms with Crippen LogP contribution in [-0.4, -0.2) is 5.91 Å². The molecule has 1 N–H and O–H groups in total. The molecule has 0 bridgehead atoms. The van der Waals surface area contributed by atoms with Gasteiger partial charge in [0.15, 0.2) is 0 Å². The Morgan fingerprint density at radius 3 is 2.83 bits per heavy atom. The minimum Gasteiger partial charge on any atom is -0.469 e. The Hall–Kier alpha value is -2.61. The van der Waals surface area contributed by atoms with E-state index in [-0.39, 0.29) is 11.3 Å². The highest BCUT2D eigenvalue weighted by Crippen LogP contribution is 2.17. The van der Waals surface area contributed by atoms with Crippen LogP contribution < -0.4 is 5.32 Å². The van der Waals surface area contributed by atoms with Crippen LogP contribution in [0, 0.1) is 24.1 Å². The number of benzene rings is 1. The molecule has 0 spiro atoms. The van der Waals surface area contributed by atoms with Gasteiger partial charge in [-0.2, -0.15) is 5.26 Å². The van der Waals surface area contributed by atoms with E-state index in [0.717, 1.165) is 6.07 Å². The predicted octanol–water partition coefficient (Wildman–Crippen LogP) is 2.85. The number of hydrogen-bond donors (Lipinski definition) is 1. The van der Waals surface area contributed by atoms with Gasteiger partial charge in [0.25, 0.3) is 5.91 Å². The van der Waals surface area contributed by atoms with Crippen molar-refractivity contribution in [2.75, 3.05) is 5.32 Å². The summed E-state index contributed by atoms with van der Waals surface area (Å²) in [5.41, 5.74) is 0.687. The van der Waals surface area contributed by atoms with Gasteiger partial charge in [0, 0.05) is 0 Å². The average molecular weight is 244 g/mol. The third kappa shape index (κ3) is 2.38. The molecular formula is C13H9FN2O2. The van der Waals surface area contributed by atoms with Crippen LogP contribution in [0.25, 0.3) is 0 Å². The van der Waals surface area contributed by atoms with Gasteiger partial charge in [-0.05, 0) is 31.2 Å². The number of nitrogens with zero attached hydrogens (tertiary/aromatic N) is 1. The molecule has 0 fully saturated rings. The summed E-state index contributed by atoms with van der Waals surface area (Å²) in [5.74, 6) is -0.321. The summed E-state index contributed by atoms with van der Waals surface area (Å²) in [6, 6.07) is 6.98. The van der Waals surface area contributed by atoms with Gasteiger partial charge >= 0.3 is 0 Å². The number of carbonyl (C=O) groups is 1. The molecule has 1 heterocycles. The number of amides is 1. The predicted molar refractivity (Wildman–Crippen MR) is 62.5 cm³/mol. The first-order valence-electron chi connectivity index (χ1n) is 5.16. The molecular weight excluding hydrogens is 235 g/mol. The van der Waals surface area contributed by atoms with Gasteiger partial charge < -0.3 is 9.73 Å². The minimum absolute atomic E-state index is 0.0727. The van der Waals surface area contributed by atoms with Crippen LogP contribution in [0.2, 0.25) is 0 Å². The molecule has 0 atom stereocenters. The first-order valence-corrected chi connectivity index (χ1v) is 5.16. The van der Waals surface area contributed by atoms with Gasteiger partial charge in [-0.15, -0.1) is 0 Å². The highest BCUT2D eigenvalue weighted by Gasteiger charge is 2.11. The van der Waals surface area contributed by atoms with Crippen LogP contribution in [0.1, 0.15) is 21.7 Å². The zero-order valence-corrected chi connectivity index (χ0v) is 9.53. The van der Waals surface area contributed by atoms with E-state index in [1.165, 1.54) is 18.4 Å². The number of nitriles is 1. The third-order valence-electron chi connectivity index (χ3n) is 2.34. The molecule has 0 aliphatic carbocycles. The van der Waals surface area contributed by atoms with E-state index in [1.807, 2.05) is 6.07 Å². The van der Waals surface area contributed by atoms with Crippen molar-refractivity contribution in [1.29, 1.82) is 5.26 Å². The van der Waals surface area contributed by atoms with Gasteiger partial charge in [0.1, 0.15) is 23.9 Å². The molecule has 0 saturated heterocycles. The lowest BCUT2D eigenvalue weighted by molar-refractivity contribution is 0.102. The highest BCUT2D eigenvalue weighted by molar-refractivity contribution is 6.04. The van der Waals surface area contributed by atoms with Gasteiger partial charge in [-0.1, -0.05) is 0 Å². The lowest BCUT2D eigenvalue weighted by atomic mass is 10.2. The Labute approximate surface area is 103 Å². The standard InChI is InChI=1S/C13H9FN2O2/c1-8-4-10(7-18-8)13(17)16-12-3-2-11(14)5-9(12)6-15/h2-5,7H,1H3,(H,16,17). The lowest BCUT2D eigenvalue weighted by Gasteiger charge is -2.05. The highest BCUT2D eigenvalue weighted by atomic mass is 19.1. The fraction of sp³-hybridized carbons (Fsp3) is 0.0769. The van der Waals surface area contributed by atoms with Gasteiger partial charge in [-0.25, -0.2) is 4.39 Å². The quantitative estimate of drug-likeness (QED) is 0.883. The number of halogens is 1. The number of aryl methyl sites for hydroxylation is 1. The summed E-state index contributed by atoms with van der Waals surface area (Å²) in [4.78, 5) is 11.8. The van der Waals surface area contributed by atoms with Crippen LogP contribution in [0.4, 0.5) is 10.1 Å². The van der Waals surface area contributed by atoms with Crippen LogP contribution in [0.5, 0.6) is 0 Å². The van der Waals surface area contributed by atoms with E-state index in [0.29, 0.717) is 11.3 Å². The summed E-state index contributed by atoms with van der Waals surface area (Å²) in [7, 11) is 0. The number of carbonyl (C=O) groups excluding carboxylic acids is 1. The molecule has 0 saturated carbocycles. The Bertz CT molecular complexity index is 641. The fourth-order valence-electron chi connectivity index (χ4n) is 1.47. The molecule has 1 aromatic carbocycles. The Kier molecular flexibility index (Phi) is 3.11. The number of anilines is 1. The van der Waals surface area contributed by atoms with E-state index < -0.39 is 11.7 Å². The Morgan fingerprint density at radius 1 is 1.44 bits per heavy atom. The number of nitrogens with one attached hydrogen (secondary N) is 1. The number of hydrogen-bond acceptors (Lipinski definition) is 3. The summed E-state index contributed by atoms with van der Waals surface area (Å²) in [6.07, 6.45) is 1.32. The number of furan rings is 1. The third-order valence-corrected chi connectivity index (χ3v) is 2.34. The molecule has 2 aromatic rings. The summed E-state index contributed by atoms with van der Waals surface area (Å²) in [6.45, 7) is 1.72. The molecule has 0 aliphatic rings.